The van der Waals surface area contributed by atoms with Gasteiger partial charge in [-0.15, -0.1) is 0 Å². The normalized spacial score (nSPS) is 19.6. The fourth-order valence-electron chi connectivity index (χ4n) is 4.35. The summed E-state index contributed by atoms with van der Waals surface area (Å²) in [6, 6.07) is 13.7. The van der Waals surface area contributed by atoms with Crippen LogP contribution in [0, 0.1) is 12.8 Å². The Morgan fingerprint density at radius 1 is 1.03 bits per heavy atom. The summed E-state index contributed by atoms with van der Waals surface area (Å²) in [5.74, 6) is -0.787. The summed E-state index contributed by atoms with van der Waals surface area (Å²) in [7, 11) is -3.58. The smallest absolute Gasteiger partial charge is 0.253 e. The number of sulfonamides is 1. The molecule has 2 N–H and O–H groups in total. The molecule has 0 aliphatic carbocycles. The lowest BCUT2D eigenvalue weighted by molar-refractivity contribution is -0.120. The average Bonchev–Trinajstić information content (AvgIpc) is 3.37. The van der Waals surface area contributed by atoms with Crippen molar-refractivity contribution in [2.24, 2.45) is 5.92 Å². The number of aryl methyl sites for hydroxylation is 1. The number of carbonyl (C=O) groups is 2. The number of carbonyl (C=O) groups excluding carboxylic acids is 2. The van der Waals surface area contributed by atoms with Crippen LogP contribution in [-0.2, 0) is 19.6 Å². The van der Waals surface area contributed by atoms with Gasteiger partial charge in [-0.2, -0.15) is 4.31 Å². The minimum absolute atomic E-state index is 0.0343. The molecule has 2 saturated heterocycles. The Hall–Kier alpha value is -2.75. The molecule has 182 valence electrons. The fourth-order valence-corrected chi connectivity index (χ4v) is 5.82. The molecule has 2 aliphatic heterocycles. The molecule has 0 aromatic heterocycles. The van der Waals surface area contributed by atoms with Crippen LogP contribution >= 0.6 is 0 Å². The van der Waals surface area contributed by atoms with Crippen molar-refractivity contribution < 1.29 is 22.7 Å². The highest BCUT2D eigenvalue weighted by Crippen LogP contribution is 2.26. The lowest BCUT2D eigenvalue weighted by Gasteiger charge is -2.30. The highest BCUT2D eigenvalue weighted by Gasteiger charge is 2.32. The zero-order chi connectivity index (χ0) is 24.1. The van der Waals surface area contributed by atoms with E-state index in [9.17, 15) is 18.0 Å². The maximum absolute atomic E-state index is 12.9. The van der Waals surface area contributed by atoms with Crippen molar-refractivity contribution in [1.82, 2.24) is 9.62 Å². The molecule has 1 atom stereocenters. The maximum Gasteiger partial charge on any atom is 0.253 e. The van der Waals surface area contributed by atoms with Gasteiger partial charge in [0.15, 0.2) is 0 Å². The van der Waals surface area contributed by atoms with Crippen molar-refractivity contribution >= 4 is 27.5 Å². The topological polar surface area (TPSA) is 105 Å². The summed E-state index contributed by atoms with van der Waals surface area (Å²) in [6.07, 6.45) is 2.80. The van der Waals surface area contributed by atoms with E-state index >= 15 is 0 Å². The summed E-state index contributed by atoms with van der Waals surface area (Å²) >= 11 is 0. The van der Waals surface area contributed by atoms with E-state index in [2.05, 4.69) is 10.6 Å². The highest BCUT2D eigenvalue weighted by atomic mass is 32.2. The predicted molar refractivity (Wildman–Crippen MR) is 129 cm³/mol. The number of para-hydroxylation sites is 1. The number of hydrogen-bond acceptors (Lipinski definition) is 5. The van der Waals surface area contributed by atoms with Gasteiger partial charge in [0.2, 0.25) is 15.9 Å². The van der Waals surface area contributed by atoms with Crippen molar-refractivity contribution in [2.45, 2.75) is 43.6 Å². The largest absolute Gasteiger partial charge is 0.376 e. The molecule has 9 heteroatoms. The van der Waals surface area contributed by atoms with Crippen molar-refractivity contribution in [2.75, 3.05) is 31.6 Å². The van der Waals surface area contributed by atoms with E-state index in [-0.39, 0.29) is 41.8 Å². The molecular weight excluding hydrogens is 454 g/mol. The van der Waals surface area contributed by atoms with Crippen LogP contribution in [0.15, 0.2) is 53.4 Å². The van der Waals surface area contributed by atoms with Crippen molar-refractivity contribution in [3.05, 3.63) is 59.7 Å². The van der Waals surface area contributed by atoms with Crippen LogP contribution in [0.5, 0.6) is 0 Å². The van der Waals surface area contributed by atoms with Gasteiger partial charge in [0.25, 0.3) is 5.91 Å². The summed E-state index contributed by atoms with van der Waals surface area (Å²) < 4.78 is 32.8. The van der Waals surface area contributed by atoms with Gasteiger partial charge < -0.3 is 15.4 Å². The van der Waals surface area contributed by atoms with Crippen LogP contribution in [-0.4, -0.2) is 56.9 Å². The number of nitrogens with zero attached hydrogens (tertiary/aromatic N) is 1. The van der Waals surface area contributed by atoms with Crippen LogP contribution in [0.25, 0.3) is 0 Å². The Labute approximate surface area is 200 Å². The second-order valence-electron chi connectivity index (χ2n) is 8.87. The number of benzene rings is 2. The summed E-state index contributed by atoms with van der Waals surface area (Å²) in [6.45, 7) is 3.62. The molecule has 2 heterocycles. The van der Waals surface area contributed by atoms with Gasteiger partial charge in [0.1, 0.15) is 0 Å². The number of ether oxygens (including phenoxy) is 1. The number of anilines is 1. The maximum atomic E-state index is 12.9. The predicted octanol–water partition coefficient (Wildman–Crippen LogP) is 2.94. The first-order chi connectivity index (χ1) is 16.3. The van der Waals surface area contributed by atoms with Gasteiger partial charge in [-0.1, -0.05) is 29.8 Å². The lowest BCUT2D eigenvalue weighted by atomic mass is 9.97. The second-order valence-corrected chi connectivity index (χ2v) is 10.8. The van der Waals surface area contributed by atoms with Crippen LogP contribution < -0.4 is 10.6 Å². The third kappa shape index (κ3) is 5.65. The third-order valence-corrected chi connectivity index (χ3v) is 8.34. The molecule has 1 unspecified atom stereocenters. The van der Waals surface area contributed by atoms with Gasteiger partial charge >= 0.3 is 0 Å². The number of piperidine rings is 1. The summed E-state index contributed by atoms with van der Waals surface area (Å²) in [4.78, 5) is 25.9. The molecule has 2 aliphatic rings. The third-order valence-electron chi connectivity index (χ3n) is 6.43. The first kappa shape index (κ1) is 24.4. The van der Waals surface area contributed by atoms with Gasteiger partial charge in [-0.3, -0.25) is 9.59 Å². The van der Waals surface area contributed by atoms with E-state index in [1.807, 2.05) is 6.92 Å². The van der Waals surface area contributed by atoms with Gasteiger partial charge in [0.05, 0.1) is 22.3 Å². The lowest BCUT2D eigenvalue weighted by Crippen LogP contribution is -2.41. The van der Waals surface area contributed by atoms with E-state index in [1.54, 1.807) is 48.5 Å². The van der Waals surface area contributed by atoms with E-state index in [0.29, 0.717) is 30.6 Å². The molecule has 4 rings (SSSR count). The quantitative estimate of drug-likeness (QED) is 0.628. The summed E-state index contributed by atoms with van der Waals surface area (Å²) in [5, 5.41) is 5.77. The van der Waals surface area contributed by atoms with Crippen LogP contribution in [0.4, 0.5) is 5.69 Å². The van der Waals surface area contributed by atoms with E-state index in [4.69, 9.17) is 4.74 Å². The Morgan fingerprint density at radius 3 is 2.41 bits per heavy atom. The fraction of sp³-hybridized carbons (Fsp3) is 0.440. The Kier molecular flexibility index (Phi) is 7.65. The first-order valence-electron chi connectivity index (χ1n) is 11.7. The minimum Gasteiger partial charge on any atom is -0.376 e. The van der Waals surface area contributed by atoms with Crippen LogP contribution in [0.1, 0.15) is 41.6 Å². The molecule has 2 fully saturated rings. The standard InChI is InChI=1S/C25H31N3O5S/c1-18-8-10-21(11-9-18)34(31,32)28-14-12-19(13-15-28)24(29)27-23-7-3-2-6-22(23)25(30)26-17-20-5-4-16-33-20/h2-3,6-11,19-20H,4-5,12-17H2,1H3,(H,26,30)(H,27,29). The molecule has 34 heavy (non-hydrogen) atoms. The van der Waals surface area contributed by atoms with Crippen molar-refractivity contribution in [3.63, 3.8) is 0 Å². The Balaban J connectivity index is 1.34. The second kappa shape index (κ2) is 10.7. The van der Waals surface area contributed by atoms with E-state index in [0.717, 1.165) is 25.0 Å². The number of amides is 2. The molecular formula is C25H31N3O5S. The Bertz CT molecular complexity index is 1120. The number of rotatable bonds is 7. The van der Waals surface area contributed by atoms with Gasteiger partial charge in [0, 0.05) is 32.2 Å². The molecule has 8 nitrogen and oxygen atoms in total. The SMILES string of the molecule is Cc1ccc(S(=O)(=O)N2CCC(C(=O)Nc3ccccc3C(=O)NCC3CCCO3)CC2)cc1. The summed E-state index contributed by atoms with van der Waals surface area (Å²) in [5.41, 5.74) is 1.84. The molecule has 2 aromatic rings. The van der Waals surface area contributed by atoms with Crippen LogP contribution in [0.2, 0.25) is 0 Å². The number of nitrogens with one attached hydrogen (secondary N) is 2. The highest BCUT2D eigenvalue weighted by molar-refractivity contribution is 7.89. The minimum atomic E-state index is -3.58. The van der Waals surface area contributed by atoms with Crippen molar-refractivity contribution in [1.29, 1.82) is 0 Å². The molecule has 0 radical (unpaired) electrons. The van der Waals surface area contributed by atoms with E-state index < -0.39 is 10.0 Å². The molecule has 2 amide bonds. The van der Waals surface area contributed by atoms with Crippen LogP contribution in [0.3, 0.4) is 0 Å². The average molecular weight is 486 g/mol. The van der Waals surface area contributed by atoms with E-state index in [1.165, 1.54) is 4.31 Å². The van der Waals surface area contributed by atoms with Gasteiger partial charge in [-0.05, 0) is 56.9 Å². The zero-order valence-corrected chi connectivity index (χ0v) is 20.1. The molecule has 0 saturated carbocycles. The van der Waals surface area contributed by atoms with Crippen molar-refractivity contribution in [3.8, 4) is 0 Å². The molecule has 0 bridgehead atoms. The first-order valence-corrected chi connectivity index (χ1v) is 13.1. The number of hydrogen-bond donors (Lipinski definition) is 2. The zero-order valence-electron chi connectivity index (χ0n) is 19.3. The Morgan fingerprint density at radius 2 is 1.74 bits per heavy atom. The molecule has 0 spiro atoms. The molecule has 2 aromatic carbocycles. The van der Waals surface area contributed by atoms with Gasteiger partial charge in [-0.25, -0.2) is 8.42 Å². The monoisotopic (exact) mass is 485 g/mol.